The molecule has 0 aromatic heterocycles. The van der Waals surface area contributed by atoms with Crippen LogP contribution >= 0.6 is 0 Å². The summed E-state index contributed by atoms with van der Waals surface area (Å²) < 4.78 is 5.98. The molecule has 0 amide bonds. The van der Waals surface area contributed by atoms with E-state index in [4.69, 9.17) is 4.43 Å². The summed E-state index contributed by atoms with van der Waals surface area (Å²) in [6.45, 7) is 17.4. The van der Waals surface area contributed by atoms with Gasteiger partial charge in [0.05, 0.1) is 12.7 Å². The molecule has 1 N–H and O–H groups in total. The van der Waals surface area contributed by atoms with Crippen LogP contribution in [0.5, 0.6) is 0 Å². The number of aliphatic hydroxyl groups is 1. The van der Waals surface area contributed by atoms with Crippen molar-refractivity contribution in [3.63, 3.8) is 0 Å². The first kappa shape index (κ1) is 16.9. The van der Waals surface area contributed by atoms with Crippen molar-refractivity contribution in [2.45, 2.75) is 71.2 Å². The Morgan fingerprint density at radius 1 is 1.35 bits per heavy atom. The van der Waals surface area contributed by atoms with Gasteiger partial charge in [-0.3, -0.25) is 0 Å². The average molecular weight is 258 g/mol. The molecule has 0 spiro atoms. The third kappa shape index (κ3) is 7.01. The van der Waals surface area contributed by atoms with Gasteiger partial charge in [0, 0.05) is 0 Å². The Balaban J connectivity index is 3.91. The summed E-state index contributed by atoms with van der Waals surface area (Å²) >= 11 is 0. The SMILES string of the molecule is C=C(C)CCC[C@H](O)CO[Si](C)(C)C(C)(C)C. The Labute approximate surface area is 108 Å². The molecule has 0 radical (unpaired) electrons. The molecule has 0 aromatic rings. The summed E-state index contributed by atoms with van der Waals surface area (Å²) in [5.41, 5.74) is 1.18. The van der Waals surface area contributed by atoms with Crippen LogP contribution in [0.25, 0.3) is 0 Å². The molecule has 3 heteroatoms. The van der Waals surface area contributed by atoms with Crippen LogP contribution in [0.1, 0.15) is 47.0 Å². The van der Waals surface area contributed by atoms with Crippen LogP contribution < -0.4 is 0 Å². The standard InChI is InChI=1S/C14H30O2Si/c1-12(2)9-8-10-13(15)11-16-17(6,7)14(3,4)5/h13,15H,1,8-11H2,2-7H3/t13-/m0/s1. The number of hydrogen-bond donors (Lipinski definition) is 1. The zero-order valence-corrected chi connectivity index (χ0v) is 13.5. The lowest BCUT2D eigenvalue weighted by Gasteiger charge is -2.36. The highest BCUT2D eigenvalue weighted by Crippen LogP contribution is 2.36. The molecule has 0 aliphatic carbocycles. The fourth-order valence-corrected chi connectivity index (χ4v) is 2.29. The number of allylic oxidation sites excluding steroid dienone is 1. The molecule has 0 saturated carbocycles. The van der Waals surface area contributed by atoms with Gasteiger partial charge >= 0.3 is 0 Å². The highest BCUT2D eigenvalue weighted by molar-refractivity contribution is 6.74. The molecule has 17 heavy (non-hydrogen) atoms. The first-order valence-corrected chi connectivity index (χ1v) is 9.43. The van der Waals surface area contributed by atoms with Gasteiger partial charge in [0.25, 0.3) is 0 Å². The van der Waals surface area contributed by atoms with Crippen molar-refractivity contribution in [3.05, 3.63) is 12.2 Å². The third-order valence-electron chi connectivity index (χ3n) is 3.58. The van der Waals surface area contributed by atoms with E-state index in [1.54, 1.807) is 0 Å². The predicted molar refractivity (Wildman–Crippen MR) is 77.8 cm³/mol. The van der Waals surface area contributed by atoms with Crippen LogP contribution in [-0.2, 0) is 4.43 Å². The lowest BCUT2D eigenvalue weighted by atomic mass is 10.1. The Hall–Kier alpha value is -0.123. The summed E-state index contributed by atoms with van der Waals surface area (Å²) in [7, 11) is -1.71. The van der Waals surface area contributed by atoms with Crippen molar-refractivity contribution in [1.29, 1.82) is 0 Å². The molecule has 0 heterocycles. The molecule has 0 unspecified atom stereocenters. The van der Waals surface area contributed by atoms with Crippen LogP contribution in [-0.4, -0.2) is 26.1 Å². The summed E-state index contributed by atoms with van der Waals surface area (Å²) in [5, 5.41) is 10.1. The van der Waals surface area contributed by atoms with Crippen LogP contribution in [0, 0.1) is 0 Å². The molecule has 2 nitrogen and oxygen atoms in total. The molecule has 0 aliphatic rings. The average Bonchev–Trinajstić information content (AvgIpc) is 2.12. The second-order valence-corrected chi connectivity index (χ2v) is 11.4. The van der Waals surface area contributed by atoms with E-state index in [9.17, 15) is 5.11 Å². The van der Waals surface area contributed by atoms with E-state index in [0.29, 0.717) is 6.61 Å². The Kier molecular flexibility index (Phi) is 6.67. The van der Waals surface area contributed by atoms with Crippen molar-refractivity contribution in [2.75, 3.05) is 6.61 Å². The maximum Gasteiger partial charge on any atom is 0.192 e. The van der Waals surface area contributed by atoms with Gasteiger partial charge < -0.3 is 9.53 Å². The van der Waals surface area contributed by atoms with Gasteiger partial charge in [-0.1, -0.05) is 26.3 Å². The van der Waals surface area contributed by atoms with E-state index < -0.39 is 8.32 Å². The van der Waals surface area contributed by atoms with E-state index in [1.807, 2.05) is 6.92 Å². The van der Waals surface area contributed by atoms with Crippen LogP contribution in [0.4, 0.5) is 0 Å². The van der Waals surface area contributed by atoms with Gasteiger partial charge in [-0.25, -0.2) is 0 Å². The molecule has 0 aromatic carbocycles. The van der Waals surface area contributed by atoms with Gasteiger partial charge in [0.15, 0.2) is 8.32 Å². The zero-order valence-electron chi connectivity index (χ0n) is 12.5. The second kappa shape index (κ2) is 6.71. The molecule has 0 fully saturated rings. The van der Waals surface area contributed by atoms with Gasteiger partial charge in [0.1, 0.15) is 0 Å². The van der Waals surface area contributed by atoms with Crippen molar-refractivity contribution in [1.82, 2.24) is 0 Å². The van der Waals surface area contributed by atoms with Gasteiger partial charge in [-0.2, -0.15) is 0 Å². The Bertz CT molecular complexity index is 241. The van der Waals surface area contributed by atoms with Gasteiger partial charge in [0.2, 0.25) is 0 Å². The van der Waals surface area contributed by atoms with E-state index >= 15 is 0 Å². The van der Waals surface area contributed by atoms with Crippen molar-refractivity contribution < 1.29 is 9.53 Å². The fourth-order valence-electron chi connectivity index (χ4n) is 1.24. The molecular formula is C14H30O2Si. The van der Waals surface area contributed by atoms with E-state index in [0.717, 1.165) is 19.3 Å². The van der Waals surface area contributed by atoms with Crippen LogP contribution in [0.15, 0.2) is 12.2 Å². The predicted octanol–water partition coefficient (Wildman–Crippen LogP) is 4.12. The summed E-state index contributed by atoms with van der Waals surface area (Å²) in [4.78, 5) is 0. The molecule has 0 bridgehead atoms. The molecule has 0 aliphatic heterocycles. The second-order valence-electron chi connectivity index (χ2n) is 6.57. The topological polar surface area (TPSA) is 29.5 Å². The lowest BCUT2D eigenvalue weighted by Crippen LogP contribution is -2.42. The van der Waals surface area contributed by atoms with Crippen molar-refractivity contribution >= 4 is 8.32 Å². The van der Waals surface area contributed by atoms with Crippen molar-refractivity contribution in [3.8, 4) is 0 Å². The van der Waals surface area contributed by atoms with E-state index in [1.165, 1.54) is 5.57 Å². The highest BCUT2D eigenvalue weighted by atomic mass is 28.4. The summed E-state index contributed by atoms with van der Waals surface area (Å²) in [6.07, 6.45) is 2.47. The van der Waals surface area contributed by atoms with E-state index in [-0.39, 0.29) is 11.1 Å². The smallest absolute Gasteiger partial charge is 0.192 e. The highest BCUT2D eigenvalue weighted by Gasteiger charge is 2.37. The van der Waals surface area contributed by atoms with Gasteiger partial charge in [-0.15, -0.1) is 6.58 Å². The Morgan fingerprint density at radius 3 is 2.29 bits per heavy atom. The third-order valence-corrected chi connectivity index (χ3v) is 8.08. The molecular weight excluding hydrogens is 228 g/mol. The number of aliphatic hydroxyl groups excluding tert-OH is 1. The molecule has 102 valence electrons. The minimum absolute atomic E-state index is 0.213. The van der Waals surface area contributed by atoms with Crippen LogP contribution in [0.3, 0.4) is 0 Å². The summed E-state index contributed by atoms with van der Waals surface area (Å²) in [6, 6.07) is 0. The van der Waals surface area contributed by atoms with Gasteiger partial charge in [-0.05, 0) is 44.3 Å². The largest absolute Gasteiger partial charge is 0.414 e. The molecule has 0 saturated heterocycles. The Morgan fingerprint density at radius 2 is 1.88 bits per heavy atom. The summed E-state index contributed by atoms with van der Waals surface area (Å²) in [5.74, 6) is 0. The first-order chi connectivity index (χ1) is 7.56. The monoisotopic (exact) mass is 258 g/mol. The van der Waals surface area contributed by atoms with E-state index in [2.05, 4.69) is 40.4 Å². The first-order valence-electron chi connectivity index (χ1n) is 6.52. The minimum atomic E-state index is -1.71. The quantitative estimate of drug-likeness (QED) is 0.550. The minimum Gasteiger partial charge on any atom is -0.414 e. The molecule has 1 atom stereocenters. The maximum atomic E-state index is 9.86. The van der Waals surface area contributed by atoms with Crippen LogP contribution in [0.2, 0.25) is 18.1 Å². The van der Waals surface area contributed by atoms with Crippen molar-refractivity contribution in [2.24, 2.45) is 0 Å². The lowest BCUT2D eigenvalue weighted by molar-refractivity contribution is 0.0913. The zero-order chi connectivity index (χ0) is 13.7. The maximum absolute atomic E-state index is 9.86. The molecule has 0 rings (SSSR count). The number of rotatable bonds is 7. The number of hydrogen-bond acceptors (Lipinski definition) is 2. The fraction of sp³-hybridized carbons (Fsp3) is 0.857. The normalized spacial score (nSPS) is 14.8.